The van der Waals surface area contributed by atoms with Crippen LogP contribution in [0.3, 0.4) is 0 Å². The third-order valence-electron chi connectivity index (χ3n) is 3.57. The maximum absolute atomic E-state index is 13.2. The van der Waals surface area contributed by atoms with E-state index in [9.17, 15) is 9.50 Å². The predicted molar refractivity (Wildman–Crippen MR) is 64.4 cm³/mol. The first-order valence-corrected chi connectivity index (χ1v) is 6.12. The number of aliphatic hydroxyl groups is 1. The molecule has 1 N–H and O–H groups in total. The van der Waals surface area contributed by atoms with Gasteiger partial charge < -0.3 is 9.84 Å². The van der Waals surface area contributed by atoms with Crippen LogP contribution >= 0.6 is 0 Å². The van der Waals surface area contributed by atoms with Gasteiger partial charge in [-0.3, -0.25) is 0 Å². The van der Waals surface area contributed by atoms with E-state index in [4.69, 9.17) is 4.74 Å². The average Bonchev–Trinajstić information content (AvgIpc) is 2.28. The minimum absolute atomic E-state index is 0.228. The van der Waals surface area contributed by atoms with Gasteiger partial charge in [0.25, 0.3) is 0 Å². The molecule has 2 rings (SSSR count). The van der Waals surface area contributed by atoms with Gasteiger partial charge in [-0.05, 0) is 61.4 Å². The lowest BCUT2D eigenvalue weighted by atomic mass is 9.85. The van der Waals surface area contributed by atoms with Gasteiger partial charge in [0.2, 0.25) is 0 Å². The van der Waals surface area contributed by atoms with Crippen molar-refractivity contribution >= 4 is 0 Å². The van der Waals surface area contributed by atoms with Crippen LogP contribution in [-0.4, -0.2) is 18.3 Å². The Morgan fingerprint density at radius 1 is 1.24 bits per heavy atom. The van der Waals surface area contributed by atoms with Crippen LogP contribution in [0.15, 0.2) is 12.1 Å². The largest absolute Gasteiger partial charge is 0.388 e. The van der Waals surface area contributed by atoms with Gasteiger partial charge in [-0.1, -0.05) is 0 Å². The van der Waals surface area contributed by atoms with E-state index in [0.29, 0.717) is 13.2 Å². The highest BCUT2D eigenvalue weighted by molar-refractivity contribution is 5.36. The Morgan fingerprint density at radius 2 is 1.76 bits per heavy atom. The molecule has 0 saturated carbocycles. The van der Waals surface area contributed by atoms with Crippen LogP contribution in [0.1, 0.15) is 35.6 Å². The Kier molecular flexibility index (Phi) is 3.79. The molecule has 1 atom stereocenters. The smallest absolute Gasteiger partial charge is 0.123 e. The zero-order chi connectivity index (χ0) is 12.4. The number of aryl methyl sites for hydroxylation is 2. The molecule has 17 heavy (non-hydrogen) atoms. The Labute approximate surface area is 101 Å². The summed E-state index contributed by atoms with van der Waals surface area (Å²) in [5.74, 6) is -0.00506. The summed E-state index contributed by atoms with van der Waals surface area (Å²) in [6, 6.07) is 2.98. The third kappa shape index (κ3) is 2.67. The fourth-order valence-corrected chi connectivity index (χ4v) is 2.66. The topological polar surface area (TPSA) is 29.5 Å². The Hall–Kier alpha value is -0.930. The molecule has 1 unspecified atom stereocenters. The number of benzene rings is 1. The molecular weight excluding hydrogens is 219 g/mol. The summed E-state index contributed by atoms with van der Waals surface area (Å²) in [5.41, 5.74) is 2.56. The highest BCUT2D eigenvalue weighted by atomic mass is 19.1. The van der Waals surface area contributed by atoms with Crippen molar-refractivity contribution in [3.63, 3.8) is 0 Å². The average molecular weight is 238 g/mol. The second-order valence-corrected chi connectivity index (χ2v) is 4.85. The fraction of sp³-hybridized carbons (Fsp3) is 0.571. The van der Waals surface area contributed by atoms with Crippen molar-refractivity contribution in [1.29, 1.82) is 0 Å². The van der Waals surface area contributed by atoms with Crippen molar-refractivity contribution in [3.05, 3.63) is 34.6 Å². The molecule has 0 amide bonds. The molecule has 94 valence electrons. The van der Waals surface area contributed by atoms with Crippen LogP contribution in [-0.2, 0) is 4.74 Å². The Morgan fingerprint density at radius 3 is 2.29 bits per heavy atom. The Balaban J connectivity index is 2.26. The van der Waals surface area contributed by atoms with Crippen LogP contribution in [0.4, 0.5) is 4.39 Å². The van der Waals surface area contributed by atoms with E-state index in [1.807, 2.05) is 13.8 Å². The van der Waals surface area contributed by atoms with E-state index in [1.165, 1.54) is 12.1 Å². The van der Waals surface area contributed by atoms with Crippen LogP contribution in [0, 0.1) is 25.6 Å². The summed E-state index contributed by atoms with van der Waals surface area (Å²) >= 11 is 0. The standard InChI is InChI=1S/C14H19FO2/c1-9-7-12(15)8-10(2)13(9)14(16)11-3-5-17-6-4-11/h7-8,11,14,16H,3-6H2,1-2H3. The first-order valence-electron chi connectivity index (χ1n) is 6.12. The highest BCUT2D eigenvalue weighted by Gasteiger charge is 2.25. The van der Waals surface area contributed by atoms with E-state index in [0.717, 1.165) is 29.5 Å². The Bertz CT molecular complexity index is 374. The van der Waals surface area contributed by atoms with E-state index < -0.39 is 6.10 Å². The van der Waals surface area contributed by atoms with Crippen molar-refractivity contribution < 1.29 is 14.2 Å². The molecule has 1 aliphatic heterocycles. The molecule has 0 aromatic heterocycles. The van der Waals surface area contributed by atoms with E-state index in [1.54, 1.807) is 0 Å². The van der Waals surface area contributed by atoms with Gasteiger partial charge in [0.1, 0.15) is 5.82 Å². The lowest BCUT2D eigenvalue weighted by Crippen LogP contribution is -2.23. The van der Waals surface area contributed by atoms with E-state index in [2.05, 4.69) is 0 Å². The first kappa shape index (κ1) is 12.5. The van der Waals surface area contributed by atoms with Crippen molar-refractivity contribution in [3.8, 4) is 0 Å². The van der Waals surface area contributed by atoms with Crippen molar-refractivity contribution in [2.45, 2.75) is 32.8 Å². The second-order valence-electron chi connectivity index (χ2n) is 4.85. The summed E-state index contributed by atoms with van der Waals surface area (Å²) in [4.78, 5) is 0. The molecular formula is C14H19FO2. The minimum Gasteiger partial charge on any atom is -0.388 e. The van der Waals surface area contributed by atoms with Gasteiger partial charge in [-0.25, -0.2) is 4.39 Å². The number of ether oxygens (including phenoxy) is 1. The van der Waals surface area contributed by atoms with Gasteiger partial charge in [-0.15, -0.1) is 0 Å². The zero-order valence-electron chi connectivity index (χ0n) is 10.4. The van der Waals surface area contributed by atoms with E-state index in [-0.39, 0.29) is 11.7 Å². The third-order valence-corrected chi connectivity index (χ3v) is 3.57. The number of hydrogen-bond acceptors (Lipinski definition) is 2. The molecule has 3 heteroatoms. The van der Waals surface area contributed by atoms with Crippen LogP contribution < -0.4 is 0 Å². The van der Waals surface area contributed by atoms with E-state index >= 15 is 0 Å². The summed E-state index contributed by atoms with van der Waals surface area (Å²) in [6.45, 7) is 5.13. The quantitative estimate of drug-likeness (QED) is 0.858. The van der Waals surface area contributed by atoms with Gasteiger partial charge >= 0.3 is 0 Å². The summed E-state index contributed by atoms with van der Waals surface area (Å²) in [5, 5.41) is 10.4. The van der Waals surface area contributed by atoms with Gasteiger partial charge in [0, 0.05) is 13.2 Å². The van der Waals surface area contributed by atoms with Crippen LogP contribution in [0.25, 0.3) is 0 Å². The molecule has 0 radical (unpaired) electrons. The number of aliphatic hydroxyl groups excluding tert-OH is 1. The van der Waals surface area contributed by atoms with Crippen molar-refractivity contribution in [1.82, 2.24) is 0 Å². The lowest BCUT2D eigenvalue weighted by Gasteiger charge is -2.28. The number of rotatable bonds is 2. The highest BCUT2D eigenvalue weighted by Crippen LogP contribution is 2.33. The molecule has 1 heterocycles. The fourth-order valence-electron chi connectivity index (χ4n) is 2.66. The summed E-state index contributed by atoms with van der Waals surface area (Å²) < 4.78 is 18.5. The van der Waals surface area contributed by atoms with Crippen molar-refractivity contribution in [2.24, 2.45) is 5.92 Å². The van der Waals surface area contributed by atoms with Crippen LogP contribution in [0.5, 0.6) is 0 Å². The van der Waals surface area contributed by atoms with Gasteiger partial charge in [0.15, 0.2) is 0 Å². The molecule has 2 nitrogen and oxygen atoms in total. The number of halogens is 1. The summed E-state index contributed by atoms with van der Waals surface area (Å²) in [7, 11) is 0. The molecule has 0 aliphatic carbocycles. The van der Waals surface area contributed by atoms with Crippen LogP contribution in [0.2, 0.25) is 0 Å². The number of hydrogen-bond donors (Lipinski definition) is 1. The van der Waals surface area contributed by atoms with Crippen molar-refractivity contribution in [2.75, 3.05) is 13.2 Å². The van der Waals surface area contributed by atoms with Gasteiger partial charge in [-0.2, -0.15) is 0 Å². The molecule has 0 spiro atoms. The maximum Gasteiger partial charge on any atom is 0.123 e. The maximum atomic E-state index is 13.2. The molecule has 1 aliphatic rings. The zero-order valence-corrected chi connectivity index (χ0v) is 10.4. The molecule has 1 saturated heterocycles. The molecule has 1 fully saturated rings. The monoisotopic (exact) mass is 238 g/mol. The molecule has 1 aromatic carbocycles. The molecule has 0 bridgehead atoms. The first-order chi connectivity index (χ1) is 8.09. The SMILES string of the molecule is Cc1cc(F)cc(C)c1C(O)C1CCOCC1. The van der Waals surface area contributed by atoms with Gasteiger partial charge in [0.05, 0.1) is 6.10 Å². The normalized spacial score (nSPS) is 19.3. The second kappa shape index (κ2) is 5.15. The predicted octanol–water partition coefficient (Wildman–Crippen LogP) is 2.90. The summed E-state index contributed by atoms with van der Waals surface area (Å²) in [6.07, 6.45) is 1.24. The molecule has 1 aromatic rings. The minimum atomic E-state index is -0.500. The lowest BCUT2D eigenvalue weighted by molar-refractivity contribution is 0.00670.